The summed E-state index contributed by atoms with van der Waals surface area (Å²) in [6.45, 7) is 0. The van der Waals surface area contributed by atoms with E-state index in [0.717, 1.165) is 6.08 Å². The maximum Gasteiger partial charge on any atom is 0.258 e. The average molecular weight is 183 g/mol. The van der Waals surface area contributed by atoms with Gasteiger partial charge in [0.05, 0.1) is 11.2 Å². The molecule has 2 aliphatic rings. The van der Waals surface area contributed by atoms with E-state index in [9.17, 15) is 9.00 Å². The fourth-order valence-corrected chi connectivity index (χ4v) is 2.17. The van der Waals surface area contributed by atoms with Crippen LogP contribution < -0.4 is 0 Å². The van der Waals surface area contributed by atoms with E-state index in [1.54, 1.807) is 0 Å². The van der Waals surface area contributed by atoms with Crippen LogP contribution in [0, 0.1) is 4.78 Å². The van der Waals surface area contributed by atoms with E-state index in [2.05, 4.69) is 0 Å². The van der Waals surface area contributed by atoms with Crippen LogP contribution in [0.15, 0.2) is 35.2 Å². The first-order valence-electron chi connectivity index (χ1n) is 3.21. The van der Waals surface area contributed by atoms with E-state index in [0.29, 0.717) is 0 Å². The predicted octanol–water partition coefficient (Wildman–Crippen LogP) is 0.885. The molecule has 0 radical (unpaired) electrons. The number of carbonyl (C=O) groups is 1. The summed E-state index contributed by atoms with van der Waals surface area (Å²) in [5.74, 6) is 0.238. The third-order valence-corrected chi connectivity index (χ3v) is 3.25. The van der Waals surface area contributed by atoms with Crippen molar-refractivity contribution >= 4 is 14.8 Å². The third-order valence-electron chi connectivity index (χ3n) is 1.61. The minimum absolute atomic E-state index is 0.176. The third kappa shape index (κ3) is 0.767. The van der Waals surface area contributed by atoms with Gasteiger partial charge in [-0.3, -0.25) is 4.79 Å². The van der Waals surface area contributed by atoms with Crippen LogP contribution in [0.1, 0.15) is 0 Å². The molecule has 0 spiro atoms. The summed E-state index contributed by atoms with van der Waals surface area (Å²) < 4.78 is 23.5. The molecule has 0 aromatic heterocycles. The number of fused-ring (bicyclic) bond motifs is 1. The zero-order valence-electron chi connectivity index (χ0n) is 5.94. The fraction of sp³-hybridized carbons (Fsp3) is 0. The van der Waals surface area contributed by atoms with Crippen LogP contribution in [0.5, 0.6) is 0 Å². The van der Waals surface area contributed by atoms with E-state index < -0.39 is 14.8 Å². The van der Waals surface area contributed by atoms with Gasteiger partial charge in [0.2, 0.25) is 0 Å². The highest BCUT2D eigenvalue weighted by Crippen LogP contribution is 2.30. The monoisotopic (exact) mass is 183 g/mol. The standard InChI is InChI=1S/C7H5NO3S/c8-12(10)6-2-1-3-11-5(6)4-7(12)9/h1-4,8H. The van der Waals surface area contributed by atoms with Gasteiger partial charge < -0.3 is 4.74 Å². The van der Waals surface area contributed by atoms with Crippen molar-refractivity contribution in [2.75, 3.05) is 0 Å². The largest absolute Gasteiger partial charge is 0.464 e. The molecule has 0 aromatic rings. The summed E-state index contributed by atoms with van der Waals surface area (Å²) in [6.07, 6.45) is 5.46. The van der Waals surface area contributed by atoms with Gasteiger partial charge in [0.25, 0.3) is 5.12 Å². The molecule has 5 heteroatoms. The molecular formula is C7H5NO3S. The Labute approximate surface area is 69.2 Å². The minimum Gasteiger partial charge on any atom is -0.464 e. The minimum atomic E-state index is -3.27. The molecule has 0 saturated carbocycles. The first kappa shape index (κ1) is 7.30. The van der Waals surface area contributed by atoms with Gasteiger partial charge in [-0.1, -0.05) is 0 Å². The summed E-state index contributed by atoms with van der Waals surface area (Å²) >= 11 is 0. The molecule has 0 bridgehead atoms. The Morgan fingerprint density at radius 1 is 1.50 bits per heavy atom. The van der Waals surface area contributed by atoms with Crippen molar-refractivity contribution in [2.24, 2.45) is 0 Å². The lowest BCUT2D eigenvalue weighted by Crippen LogP contribution is -2.06. The highest BCUT2D eigenvalue weighted by molar-refractivity contribution is 8.11. The number of carbonyl (C=O) groups excluding carboxylic acids is 1. The Balaban J connectivity index is 2.69. The molecule has 0 fully saturated rings. The molecule has 0 aliphatic carbocycles. The average Bonchev–Trinajstić information content (AvgIpc) is 2.25. The van der Waals surface area contributed by atoms with Gasteiger partial charge in [0, 0.05) is 6.08 Å². The van der Waals surface area contributed by atoms with Crippen LogP contribution in [0.2, 0.25) is 0 Å². The number of ether oxygens (including phenoxy) is 1. The molecule has 1 N–H and O–H groups in total. The number of hydrogen-bond acceptors (Lipinski definition) is 4. The highest BCUT2D eigenvalue weighted by atomic mass is 32.2. The van der Waals surface area contributed by atoms with E-state index in [1.165, 1.54) is 18.4 Å². The zero-order chi connectivity index (χ0) is 8.77. The normalized spacial score (nSPS) is 32.2. The van der Waals surface area contributed by atoms with Gasteiger partial charge in [-0.05, 0) is 12.2 Å². The van der Waals surface area contributed by atoms with Crippen molar-refractivity contribution in [1.29, 1.82) is 4.78 Å². The van der Waals surface area contributed by atoms with E-state index in [4.69, 9.17) is 9.52 Å². The molecule has 1 unspecified atom stereocenters. The summed E-state index contributed by atoms with van der Waals surface area (Å²) in [5, 5.41) is -0.688. The number of hydrogen-bond donors (Lipinski definition) is 1. The second-order valence-corrected chi connectivity index (χ2v) is 4.32. The Hall–Kier alpha value is -1.36. The number of allylic oxidation sites excluding steroid dienone is 2. The molecule has 1 atom stereocenters. The number of nitrogens with one attached hydrogen (secondary N) is 1. The van der Waals surface area contributed by atoms with Crippen LogP contribution in [-0.2, 0) is 19.3 Å². The van der Waals surface area contributed by atoms with Crippen molar-refractivity contribution in [2.45, 2.75) is 0 Å². The molecule has 0 aromatic carbocycles. The molecule has 2 heterocycles. The molecule has 4 nitrogen and oxygen atoms in total. The smallest absolute Gasteiger partial charge is 0.258 e. The lowest BCUT2D eigenvalue weighted by atomic mass is 10.3. The Morgan fingerprint density at radius 3 is 2.92 bits per heavy atom. The first-order chi connectivity index (χ1) is 5.62. The van der Waals surface area contributed by atoms with Crippen molar-refractivity contribution < 1.29 is 13.7 Å². The Morgan fingerprint density at radius 2 is 2.25 bits per heavy atom. The number of rotatable bonds is 0. The van der Waals surface area contributed by atoms with Crippen LogP contribution in [0.25, 0.3) is 0 Å². The summed E-state index contributed by atoms with van der Waals surface area (Å²) in [4.78, 5) is 11.2. The second kappa shape index (κ2) is 2.07. The molecule has 0 saturated heterocycles. The van der Waals surface area contributed by atoms with Crippen molar-refractivity contribution in [3.63, 3.8) is 0 Å². The van der Waals surface area contributed by atoms with Crippen LogP contribution in [0.3, 0.4) is 0 Å². The maximum atomic E-state index is 11.4. The maximum absolute atomic E-state index is 11.4. The van der Waals surface area contributed by atoms with Gasteiger partial charge in [-0.15, -0.1) is 0 Å². The quantitative estimate of drug-likeness (QED) is 0.606. The van der Waals surface area contributed by atoms with Gasteiger partial charge in [-0.2, -0.15) is 0 Å². The summed E-state index contributed by atoms with van der Waals surface area (Å²) in [5.41, 5.74) is 0. The van der Waals surface area contributed by atoms with Crippen LogP contribution >= 0.6 is 0 Å². The van der Waals surface area contributed by atoms with Gasteiger partial charge in [0.1, 0.15) is 15.5 Å². The van der Waals surface area contributed by atoms with Crippen molar-refractivity contribution in [3.05, 3.63) is 35.2 Å². The van der Waals surface area contributed by atoms with E-state index in [-0.39, 0.29) is 10.7 Å². The second-order valence-electron chi connectivity index (χ2n) is 2.36. The van der Waals surface area contributed by atoms with Gasteiger partial charge >= 0.3 is 0 Å². The van der Waals surface area contributed by atoms with Crippen molar-refractivity contribution in [1.82, 2.24) is 0 Å². The molecule has 2 rings (SSSR count). The molecule has 2 aliphatic heterocycles. The topological polar surface area (TPSA) is 67.2 Å². The van der Waals surface area contributed by atoms with E-state index in [1.807, 2.05) is 0 Å². The summed E-state index contributed by atoms with van der Waals surface area (Å²) in [6, 6.07) is 0. The van der Waals surface area contributed by atoms with Gasteiger partial charge in [0.15, 0.2) is 0 Å². The lowest BCUT2D eigenvalue weighted by molar-refractivity contribution is -0.107. The van der Waals surface area contributed by atoms with Crippen LogP contribution in [-0.4, -0.2) is 9.32 Å². The Bertz CT molecular complexity index is 439. The SMILES string of the molecule is N=S1(=O)C(=O)C=C2OC=CC=C21. The van der Waals surface area contributed by atoms with Crippen LogP contribution in [0.4, 0.5) is 0 Å². The van der Waals surface area contributed by atoms with E-state index >= 15 is 0 Å². The predicted molar refractivity (Wildman–Crippen MR) is 42.3 cm³/mol. The van der Waals surface area contributed by atoms with Gasteiger partial charge in [-0.25, -0.2) is 8.99 Å². The molecule has 12 heavy (non-hydrogen) atoms. The molecule has 0 amide bonds. The highest BCUT2D eigenvalue weighted by Gasteiger charge is 2.33. The van der Waals surface area contributed by atoms with Crippen molar-refractivity contribution in [3.8, 4) is 0 Å². The first-order valence-corrected chi connectivity index (χ1v) is 4.76. The fourth-order valence-electron chi connectivity index (χ4n) is 1.02. The Kier molecular flexibility index (Phi) is 1.26. The zero-order valence-corrected chi connectivity index (χ0v) is 6.76. The summed E-state index contributed by atoms with van der Waals surface area (Å²) in [7, 11) is -3.27. The molecule has 62 valence electrons. The lowest BCUT2D eigenvalue weighted by Gasteiger charge is -2.06. The molecular weight excluding hydrogens is 178 g/mol.